The van der Waals surface area contributed by atoms with Crippen LogP contribution in [0.4, 0.5) is 13.2 Å². The van der Waals surface area contributed by atoms with Crippen LogP contribution in [0.1, 0.15) is 37.6 Å². The van der Waals surface area contributed by atoms with Crippen molar-refractivity contribution in [2.45, 2.75) is 39.3 Å². The van der Waals surface area contributed by atoms with Gasteiger partial charge in [-0.15, -0.1) is 0 Å². The molecule has 0 aliphatic heterocycles. The van der Waals surface area contributed by atoms with Crippen molar-refractivity contribution in [1.82, 2.24) is 19.7 Å². The second kappa shape index (κ2) is 8.11. The first kappa shape index (κ1) is 23.6. The first-order chi connectivity index (χ1) is 14.0. The molecule has 31 heavy (non-hydrogen) atoms. The number of alkyl halides is 3. The number of aromatic amines is 1. The molecule has 2 aromatic carbocycles. The molecule has 0 saturated carbocycles. The normalized spacial score (nSPS) is 12.3. The quantitative estimate of drug-likeness (QED) is 0.416. The number of nitrogens with one attached hydrogen (secondary N) is 1. The number of hydrogen-bond donors (Lipinski definition) is 1. The molecular weight excluding hydrogens is 412 g/mol. The van der Waals surface area contributed by atoms with Crippen LogP contribution in [0.15, 0.2) is 42.5 Å². The van der Waals surface area contributed by atoms with E-state index in [1.807, 2.05) is 14.0 Å². The molecule has 0 fully saturated rings. The average Bonchev–Trinajstić information content (AvgIpc) is 3.20. The fourth-order valence-electron chi connectivity index (χ4n) is 3.94. The Kier molecular flexibility index (Phi) is 6.17. The Hall–Kier alpha value is -2.09. The summed E-state index contributed by atoms with van der Waals surface area (Å²) >= 11 is 0. The van der Waals surface area contributed by atoms with Gasteiger partial charge in [0.05, 0.1) is 22.3 Å². The summed E-state index contributed by atoms with van der Waals surface area (Å²) in [4.78, 5) is 7.97. The molecule has 158 valence electrons. The summed E-state index contributed by atoms with van der Waals surface area (Å²) in [7, 11) is 1.87. The fourth-order valence-corrected chi connectivity index (χ4v) is 3.94. The summed E-state index contributed by atoms with van der Waals surface area (Å²) in [6.45, 7) is 8.33. The number of H-pyrrole nitrogens is 1. The van der Waals surface area contributed by atoms with Crippen LogP contribution in [0.3, 0.4) is 0 Å². The molecule has 0 saturated heterocycles. The van der Waals surface area contributed by atoms with Crippen molar-refractivity contribution < 1.29 is 13.2 Å². The van der Waals surface area contributed by atoms with E-state index < -0.39 is 11.7 Å². The Morgan fingerprint density at radius 1 is 1.00 bits per heavy atom. The molecule has 4 aromatic rings. The molecule has 0 radical (unpaired) electrons. The monoisotopic (exact) mass is 436 g/mol. The molecule has 0 aliphatic carbocycles. The number of fused-ring (bicyclic) bond motifs is 1. The Morgan fingerprint density at radius 2 is 1.68 bits per heavy atom. The summed E-state index contributed by atoms with van der Waals surface area (Å²) in [5.41, 5.74) is 4.11. The van der Waals surface area contributed by atoms with Gasteiger partial charge in [0.15, 0.2) is 5.82 Å². The predicted octanol–water partition coefficient (Wildman–Crippen LogP) is 5.61. The Labute approximate surface area is 201 Å². The average molecular weight is 436 g/mol. The van der Waals surface area contributed by atoms with Gasteiger partial charge in [-0.3, -0.25) is 4.68 Å². The summed E-state index contributed by atoms with van der Waals surface area (Å²) < 4.78 is 42.1. The number of aryl methyl sites for hydroxylation is 1. The maximum atomic E-state index is 13.4. The molecule has 0 spiro atoms. The second-order valence-corrected chi connectivity index (χ2v) is 8.56. The number of benzene rings is 2. The van der Waals surface area contributed by atoms with Gasteiger partial charge in [-0.25, -0.2) is 4.98 Å². The van der Waals surface area contributed by atoms with Crippen molar-refractivity contribution in [1.29, 1.82) is 0 Å². The van der Waals surface area contributed by atoms with E-state index in [9.17, 15) is 13.2 Å². The van der Waals surface area contributed by atoms with Crippen LogP contribution in [0.5, 0.6) is 0 Å². The molecule has 1 N–H and O–H groups in total. The summed E-state index contributed by atoms with van der Waals surface area (Å²) in [5, 5.41) is 4.66. The number of aromatic nitrogens is 4. The van der Waals surface area contributed by atoms with Gasteiger partial charge in [0.1, 0.15) is 5.69 Å². The van der Waals surface area contributed by atoms with E-state index in [1.165, 1.54) is 12.1 Å². The molecule has 0 bridgehead atoms. The van der Waals surface area contributed by atoms with Crippen molar-refractivity contribution in [2.24, 2.45) is 7.05 Å². The minimum atomic E-state index is -4.42. The molecule has 4 rings (SSSR count). The first-order valence-electron chi connectivity index (χ1n) is 9.67. The van der Waals surface area contributed by atoms with Crippen LogP contribution in [0.25, 0.3) is 33.7 Å². The molecule has 2 aromatic heterocycles. The summed E-state index contributed by atoms with van der Waals surface area (Å²) in [6.07, 6.45) is -4.42. The maximum absolute atomic E-state index is 13.4. The number of halogens is 3. The zero-order valence-corrected chi connectivity index (χ0v) is 17.5. The van der Waals surface area contributed by atoms with Gasteiger partial charge < -0.3 is 4.98 Å². The standard InChI is InChI=1S/C23H23F3N4.Na.H/c1-13-19(30(5)29-20(13)22(2,3)4)21-27-17-11-10-14(12-18(17)28-21)15-8-6-7-9-16(15)23(24,25)26;;/h6-12H,1-5H3,(H,27,28);;. The summed E-state index contributed by atoms with van der Waals surface area (Å²) in [6, 6.07) is 10.7. The van der Waals surface area contributed by atoms with Gasteiger partial charge in [-0.1, -0.05) is 45.0 Å². The van der Waals surface area contributed by atoms with Gasteiger partial charge in [0.2, 0.25) is 0 Å². The zero-order chi connectivity index (χ0) is 21.8. The van der Waals surface area contributed by atoms with Crippen LogP contribution in [0, 0.1) is 6.92 Å². The van der Waals surface area contributed by atoms with Crippen LogP contribution in [0.2, 0.25) is 0 Å². The topological polar surface area (TPSA) is 46.5 Å². The molecule has 2 heterocycles. The van der Waals surface area contributed by atoms with Gasteiger partial charge in [0.25, 0.3) is 0 Å². The van der Waals surface area contributed by atoms with Gasteiger partial charge >= 0.3 is 35.7 Å². The van der Waals surface area contributed by atoms with E-state index in [1.54, 1.807) is 28.9 Å². The van der Waals surface area contributed by atoms with E-state index in [2.05, 4.69) is 35.8 Å². The predicted molar refractivity (Wildman–Crippen MR) is 119 cm³/mol. The number of imidazole rings is 1. The van der Waals surface area contributed by atoms with E-state index >= 15 is 0 Å². The molecule has 8 heteroatoms. The number of hydrogen-bond acceptors (Lipinski definition) is 2. The molecule has 0 atom stereocenters. The second-order valence-electron chi connectivity index (χ2n) is 8.56. The third-order valence-corrected chi connectivity index (χ3v) is 5.25. The van der Waals surface area contributed by atoms with Gasteiger partial charge in [-0.2, -0.15) is 18.3 Å². The third kappa shape index (κ3) is 4.31. The first-order valence-corrected chi connectivity index (χ1v) is 9.67. The molecular formula is C23H24F3N4Na. The Balaban J connectivity index is 0.00000272. The van der Waals surface area contributed by atoms with Crippen LogP contribution in [-0.2, 0) is 18.6 Å². The van der Waals surface area contributed by atoms with Crippen LogP contribution >= 0.6 is 0 Å². The van der Waals surface area contributed by atoms with Crippen LogP contribution in [-0.4, -0.2) is 49.3 Å². The number of nitrogens with zero attached hydrogens (tertiary/aromatic N) is 3. The Morgan fingerprint density at radius 3 is 2.29 bits per heavy atom. The van der Waals surface area contributed by atoms with Crippen molar-refractivity contribution >= 4 is 40.6 Å². The Bertz CT molecular complexity index is 1250. The van der Waals surface area contributed by atoms with E-state index in [0.29, 0.717) is 16.9 Å². The van der Waals surface area contributed by atoms with Crippen molar-refractivity contribution in [2.75, 3.05) is 0 Å². The van der Waals surface area contributed by atoms with Crippen molar-refractivity contribution in [3.63, 3.8) is 0 Å². The zero-order valence-electron chi connectivity index (χ0n) is 17.5. The van der Waals surface area contributed by atoms with E-state index in [-0.39, 0.29) is 40.5 Å². The van der Waals surface area contributed by atoms with Gasteiger partial charge in [-0.05, 0) is 36.2 Å². The minimum absolute atomic E-state index is 0. The number of rotatable bonds is 2. The van der Waals surface area contributed by atoms with E-state index in [0.717, 1.165) is 28.5 Å². The SMILES string of the molecule is Cc1c(C(C)(C)C)nn(C)c1-c1nc2cc(-c3ccccc3C(F)(F)F)ccc2[nH]1.[NaH]. The molecule has 0 amide bonds. The van der Waals surface area contributed by atoms with E-state index in [4.69, 9.17) is 0 Å². The van der Waals surface area contributed by atoms with Crippen molar-refractivity contribution in [3.05, 3.63) is 59.3 Å². The van der Waals surface area contributed by atoms with Crippen LogP contribution < -0.4 is 0 Å². The van der Waals surface area contributed by atoms with Crippen molar-refractivity contribution in [3.8, 4) is 22.6 Å². The summed E-state index contributed by atoms with van der Waals surface area (Å²) in [5.74, 6) is 0.647. The van der Waals surface area contributed by atoms with Gasteiger partial charge in [0, 0.05) is 18.0 Å². The molecule has 4 nitrogen and oxygen atoms in total. The molecule has 0 aliphatic rings. The molecule has 0 unspecified atom stereocenters. The third-order valence-electron chi connectivity index (χ3n) is 5.25. The fraction of sp³-hybridized carbons (Fsp3) is 0.304.